The van der Waals surface area contributed by atoms with Crippen LogP contribution in [0.5, 0.6) is 0 Å². The molecule has 1 aromatic carbocycles. The van der Waals surface area contributed by atoms with E-state index in [0.29, 0.717) is 6.04 Å². The molecule has 20 heavy (non-hydrogen) atoms. The van der Waals surface area contributed by atoms with Gasteiger partial charge in [-0.3, -0.25) is 0 Å². The van der Waals surface area contributed by atoms with Crippen molar-refractivity contribution in [3.63, 3.8) is 0 Å². The summed E-state index contributed by atoms with van der Waals surface area (Å²) in [5.74, 6) is 0. The number of hydrogen-bond acceptors (Lipinski definition) is 3. The molecule has 2 aromatic rings. The minimum atomic E-state index is 0.469. The molecule has 1 heterocycles. The maximum atomic E-state index is 4.59. The standard InChI is InChI=1S/C16H21IN2S/c1-3-8-18-15(10-16-11-20-12(2)19-16)9-13-4-6-14(17)7-5-13/h4-7,11,15,18H,3,8-10H2,1-2H3. The van der Waals surface area contributed by atoms with E-state index in [9.17, 15) is 0 Å². The van der Waals surface area contributed by atoms with Gasteiger partial charge in [0.25, 0.3) is 0 Å². The highest BCUT2D eigenvalue weighted by Gasteiger charge is 2.11. The summed E-state index contributed by atoms with van der Waals surface area (Å²) >= 11 is 4.09. The molecule has 1 atom stereocenters. The summed E-state index contributed by atoms with van der Waals surface area (Å²) in [7, 11) is 0. The zero-order valence-electron chi connectivity index (χ0n) is 12.0. The van der Waals surface area contributed by atoms with Crippen LogP contribution in [-0.2, 0) is 12.8 Å². The van der Waals surface area contributed by atoms with E-state index in [1.54, 1.807) is 11.3 Å². The average Bonchev–Trinajstić information content (AvgIpc) is 2.84. The van der Waals surface area contributed by atoms with Crippen LogP contribution in [0.1, 0.15) is 29.6 Å². The van der Waals surface area contributed by atoms with Gasteiger partial charge in [-0.25, -0.2) is 4.98 Å². The normalized spacial score (nSPS) is 12.6. The minimum Gasteiger partial charge on any atom is -0.313 e. The van der Waals surface area contributed by atoms with E-state index in [2.05, 4.69) is 76.4 Å². The molecule has 1 unspecified atom stereocenters. The molecule has 1 N–H and O–H groups in total. The van der Waals surface area contributed by atoms with E-state index in [1.165, 1.54) is 21.2 Å². The van der Waals surface area contributed by atoms with Crippen LogP contribution in [0.4, 0.5) is 0 Å². The summed E-state index contributed by atoms with van der Waals surface area (Å²) in [5.41, 5.74) is 2.61. The maximum absolute atomic E-state index is 4.59. The second-order valence-corrected chi connectivity index (χ2v) is 7.35. The van der Waals surface area contributed by atoms with E-state index in [1.807, 2.05) is 0 Å². The van der Waals surface area contributed by atoms with Gasteiger partial charge in [-0.1, -0.05) is 19.1 Å². The minimum absolute atomic E-state index is 0.469. The fraction of sp³-hybridized carbons (Fsp3) is 0.438. The number of hydrogen-bond donors (Lipinski definition) is 1. The molecule has 1 aromatic heterocycles. The van der Waals surface area contributed by atoms with Gasteiger partial charge in [0.1, 0.15) is 0 Å². The van der Waals surface area contributed by atoms with Crippen molar-refractivity contribution >= 4 is 33.9 Å². The molecule has 0 spiro atoms. The Morgan fingerprint density at radius 1 is 1.25 bits per heavy atom. The molecule has 0 bridgehead atoms. The first-order valence-electron chi connectivity index (χ1n) is 7.06. The van der Waals surface area contributed by atoms with Crippen LogP contribution < -0.4 is 5.32 Å². The van der Waals surface area contributed by atoms with Crippen molar-refractivity contribution in [2.45, 2.75) is 39.2 Å². The smallest absolute Gasteiger partial charge is 0.0897 e. The van der Waals surface area contributed by atoms with E-state index >= 15 is 0 Å². The molecule has 2 nitrogen and oxygen atoms in total. The molecular weight excluding hydrogens is 379 g/mol. The molecule has 0 amide bonds. The van der Waals surface area contributed by atoms with Crippen molar-refractivity contribution in [1.29, 1.82) is 0 Å². The van der Waals surface area contributed by atoms with Gasteiger partial charge in [0.2, 0.25) is 0 Å². The van der Waals surface area contributed by atoms with Crippen LogP contribution in [0.25, 0.3) is 0 Å². The highest BCUT2D eigenvalue weighted by Crippen LogP contribution is 2.14. The number of aryl methyl sites for hydroxylation is 1. The molecular formula is C16H21IN2S. The van der Waals surface area contributed by atoms with Gasteiger partial charge in [-0.15, -0.1) is 11.3 Å². The second-order valence-electron chi connectivity index (χ2n) is 5.04. The average molecular weight is 400 g/mol. The molecule has 0 aliphatic heterocycles. The van der Waals surface area contributed by atoms with Crippen molar-refractivity contribution < 1.29 is 0 Å². The summed E-state index contributed by atoms with van der Waals surface area (Å²) in [5, 5.41) is 6.99. The van der Waals surface area contributed by atoms with E-state index < -0.39 is 0 Å². The Balaban J connectivity index is 2.00. The molecule has 108 valence electrons. The Morgan fingerprint density at radius 3 is 2.60 bits per heavy atom. The summed E-state index contributed by atoms with van der Waals surface area (Å²) < 4.78 is 1.29. The SMILES string of the molecule is CCCNC(Cc1ccc(I)cc1)Cc1csc(C)n1. The van der Waals surface area contributed by atoms with Crippen LogP contribution >= 0.6 is 33.9 Å². The van der Waals surface area contributed by atoms with Crippen molar-refractivity contribution in [2.75, 3.05) is 6.54 Å². The van der Waals surface area contributed by atoms with Crippen LogP contribution in [0.15, 0.2) is 29.6 Å². The summed E-state index contributed by atoms with van der Waals surface area (Å²) in [6.07, 6.45) is 3.24. The Morgan fingerprint density at radius 2 is 2.00 bits per heavy atom. The van der Waals surface area contributed by atoms with Gasteiger partial charge in [-0.2, -0.15) is 0 Å². The Bertz CT molecular complexity index is 522. The number of nitrogens with zero attached hydrogens (tertiary/aromatic N) is 1. The molecule has 0 saturated heterocycles. The highest BCUT2D eigenvalue weighted by molar-refractivity contribution is 14.1. The fourth-order valence-corrected chi connectivity index (χ4v) is 3.21. The quantitative estimate of drug-likeness (QED) is 0.705. The lowest BCUT2D eigenvalue weighted by atomic mass is 10.0. The molecule has 0 saturated carbocycles. The summed E-state index contributed by atoms with van der Waals surface area (Å²) in [6.45, 7) is 5.35. The van der Waals surface area contributed by atoms with Gasteiger partial charge in [0.15, 0.2) is 0 Å². The monoisotopic (exact) mass is 400 g/mol. The van der Waals surface area contributed by atoms with E-state index in [0.717, 1.165) is 24.4 Å². The van der Waals surface area contributed by atoms with Gasteiger partial charge >= 0.3 is 0 Å². The predicted octanol–water partition coefficient (Wildman–Crippen LogP) is 4.21. The topological polar surface area (TPSA) is 24.9 Å². The first-order valence-corrected chi connectivity index (χ1v) is 9.02. The summed E-state index contributed by atoms with van der Waals surface area (Å²) in [4.78, 5) is 4.59. The van der Waals surface area contributed by atoms with Crippen LogP contribution in [0, 0.1) is 10.5 Å². The maximum Gasteiger partial charge on any atom is 0.0897 e. The molecule has 0 aliphatic rings. The second kappa shape index (κ2) is 8.10. The lowest BCUT2D eigenvalue weighted by Gasteiger charge is -2.17. The number of halogens is 1. The third kappa shape index (κ3) is 5.14. The van der Waals surface area contributed by atoms with Crippen molar-refractivity contribution in [1.82, 2.24) is 10.3 Å². The van der Waals surface area contributed by atoms with Gasteiger partial charge in [-0.05, 0) is 66.6 Å². The van der Waals surface area contributed by atoms with Gasteiger partial charge < -0.3 is 5.32 Å². The highest BCUT2D eigenvalue weighted by atomic mass is 127. The molecule has 0 aliphatic carbocycles. The fourth-order valence-electron chi connectivity index (χ4n) is 2.22. The van der Waals surface area contributed by atoms with E-state index in [4.69, 9.17) is 0 Å². The number of rotatable bonds is 7. The number of nitrogens with one attached hydrogen (secondary N) is 1. The number of benzene rings is 1. The Hall–Kier alpha value is -0.460. The van der Waals surface area contributed by atoms with Crippen molar-refractivity contribution in [3.05, 3.63) is 49.5 Å². The van der Waals surface area contributed by atoms with Crippen LogP contribution in [0.3, 0.4) is 0 Å². The largest absolute Gasteiger partial charge is 0.313 e. The van der Waals surface area contributed by atoms with E-state index in [-0.39, 0.29) is 0 Å². The lowest BCUT2D eigenvalue weighted by molar-refractivity contribution is 0.501. The Labute approximate surface area is 139 Å². The first-order chi connectivity index (χ1) is 9.67. The van der Waals surface area contributed by atoms with Gasteiger partial charge in [0, 0.05) is 21.4 Å². The molecule has 0 radical (unpaired) electrons. The van der Waals surface area contributed by atoms with Crippen molar-refractivity contribution in [2.24, 2.45) is 0 Å². The lowest BCUT2D eigenvalue weighted by Crippen LogP contribution is -2.34. The molecule has 2 rings (SSSR count). The predicted molar refractivity (Wildman–Crippen MR) is 95.5 cm³/mol. The van der Waals surface area contributed by atoms with Crippen molar-refractivity contribution in [3.8, 4) is 0 Å². The van der Waals surface area contributed by atoms with Crippen LogP contribution in [-0.4, -0.2) is 17.6 Å². The third-order valence-electron chi connectivity index (χ3n) is 3.20. The van der Waals surface area contributed by atoms with Gasteiger partial charge in [0.05, 0.1) is 10.7 Å². The number of aromatic nitrogens is 1. The Kier molecular flexibility index (Phi) is 6.45. The molecule has 4 heteroatoms. The summed E-state index contributed by atoms with van der Waals surface area (Å²) in [6, 6.07) is 9.29. The zero-order valence-corrected chi connectivity index (χ0v) is 15.0. The molecule has 0 fully saturated rings. The third-order valence-corrected chi connectivity index (χ3v) is 4.74. The first kappa shape index (κ1) is 15.9. The zero-order chi connectivity index (χ0) is 14.4. The van der Waals surface area contributed by atoms with Crippen LogP contribution in [0.2, 0.25) is 0 Å². The number of thiazole rings is 1.